The van der Waals surface area contributed by atoms with Crippen molar-refractivity contribution in [3.8, 4) is 5.75 Å². The molecule has 0 fully saturated rings. The zero-order valence-electron chi connectivity index (χ0n) is 20.9. The largest absolute Gasteiger partial charge is 0.573 e. The Morgan fingerprint density at radius 1 is 1.14 bits per heavy atom. The Hall–Kier alpha value is -4.13. The van der Waals surface area contributed by atoms with Crippen LogP contribution in [-0.4, -0.2) is 61.7 Å². The Kier molecular flexibility index (Phi) is 5.16. The molecule has 1 aliphatic heterocycles. The monoisotopic (exact) mass is 496 g/mol. The molecule has 0 saturated heterocycles. The number of alkyl halides is 3. The van der Waals surface area contributed by atoms with Gasteiger partial charge in [-0.2, -0.15) is 15.0 Å². The van der Waals surface area contributed by atoms with Crippen LogP contribution in [0.3, 0.4) is 0 Å². The van der Waals surface area contributed by atoms with Gasteiger partial charge in [0.25, 0.3) is 0 Å². The number of amides is 3. The fraction of sp³-hybridized carbons (Fsp3) is 0.273. The molecule has 4 rings (SSSR count). The van der Waals surface area contributed by atoms with Crippen LogP contribution in [-0.2, 0) is 25.4 Å². The van der Waals surface area contributed by atoms with E-state index in [-0.39, 0.29) is 22.7 Å². The number of hydrogen-bond acceptors (Lipinski definition) is 8. The van der Waals surface area contributed by atoms with E-state index < -0.39 is 49.6 Å². The standard InChI is InChI=1S/C22H18F3N3O7/c1-32-18(29)21-11-13-5-3-4-6-16(13)17(21)26-27(12-34-21)19(30)28(20(31)33-2)14-7-9-15(10-8-14)35-22(23,24)25/h3-10H,11-12H2,1-2H3/t21-/m0/s1/i2D3. The summed E-state index contributed by atoms with van der Waals surface area (Å²) in [6.07, 6.45) is -6.61. The van der Waals surface area contributed by atoms with Crippen LogP contribution in [0.25, 0.3) is 0 Å². The van der Waals surface area contributed by atoms with Crippen molar-refractivity contribution in [3.05, 3.63) is 59.7 Å². The molecule has 2 aromatic rings. The van der Waals surface area contributed by atoms with E-state index in [1.165, 1.54) is 0 Å². The molecule has 0 spiro atoms. The molecule has 10 nitrogen and oxygen atoms in total. The number of urea groups is 1. The van der Waals surface area contributed by atoms with Gasteiger partial charge in [-0.15, -0.1) is 13.2 Å². The van der Waals surface area contributed by atoms with E-state index in [9.17, 15) is 27.6 Å². The quantitative estimate of drug-likeness (QED) is 0.600. The number of hydrazone groups is 1. The molecule has 2 aliphatic rings. The third-order valence-corrected chi connectivity index (χ3v) is 5.27. The highest BCUT2D eigenvalue weighted by molar-refractivity contribution is 6.22. The number of carbonyl (C=O) groups excluding carboxylic acids is 3. The molecule has 3 amide bonds. The van der Waals surface area contributed by atoms with Crippen molar-refractivity contribution in [1.82, 2.24) is 5.01 Å². The molecule has 0 unspecified atom stereocenters. The summed E-state index contributed by atoms with van der Waals surface area (Å²) in [6, 6.07) is 8.89. The number of benzene rings is 2. The van der Waals surface area contributed by atoms with Crippen molar-refractivity contribution < 1.29 is 50.6 Å². The Balaban J connectivity index is 1.72. The number of methoxy groups -OCH3 is 2. The molecule has 1 atom stereocenters. The highest BCUT2D eigenvalue weighted by atomic mass is 19.4. The fourth-order valence-corrected chi connectivity index (χ4v) is 3.79. The second-order valence-corrected chi connectivity index (χ2v) is 7.30. The summed E-state index contributed by atoms with van der Waals surface area (Å²) >= 11 is 0. The second kappa shape index (κ2) is 8.91. The van der Waals surface area contributed by atoms with Crippen LogP contribution in [0.4, 0.5) is 28.4 Å². The minimum absolute atomic E-state index is 0.0117. The summed E-state index contributed by atoms with van der Waals surface area (Å²) in [6.45, 7) is -0.668. The zero-order chi connectivity index (χ0) is 27.9. The number of ether oxygens (including phenoxy) is 4. The SMILES string of the molecule is [2H]C([2H])([2H])OC(=O)N(C(=O)N1CO[C@@]2(C(=O)OC)Cc3ccccc3C2=N1)c1ccc(OC(F)(F)F)cc1. The predicted molar refractivity (Wildman–Crippen MR) is 113 cm³/mol. The Morgan fingerprint density at radius 2 is 1.86 bits per heavy atom. The van der Waals surface area contributed by atoms with E-state index in [4.69, 9.17) is 13.6 Å². The topological polar surface area (TPSA) is 107 Å². The average Bonchev–Trinajstić information content (AvgIpc) is 3.17. The first-order valence-electron chi connectivity index (χ1n) is 11.3. The summed E-state index contributed by atoms with van der Waals surface area (Å²) in [5.41, 5.74) is -0.880. The number of esters is 1. The number of fused-ring (bicyclic) bond motifs is 3. The van der Waals surface area contributed by atoms with E-state index >= 15 is 0 Å². The van der Waals surface area contributed by atoms with E-state index in [2.05, 4.69) is 14.6 Å². The van der Waals surface area contributed by atoms with Gasteiger partial charge >= 0.3 is 24.5 Å². The molecule has 0 saturated carbocycles. The predicted octanol–water partition coefficient (Wildman–Crippen LogP) is 3.44. The normalized spacial score (nSPS) is 20.3. The number of carbonyl (C=O) groups is 3. The molecule has 1 aliphatic carbocycles. The first-order valence-corrected chi connectivity index (χ1v) is 9.84. The molecule has 1 heterocycles. The van der Waals surface area contributed by atoms with Crippen LogP contribution in [0.2, 0.25) is 0 Å². The van der Waals surface area contributed by atoms with Crippen LogP contribution in [0.1, 0.15) is 15.2 Å². The number of imide groups is 1. The van der Waals surface area contributed by atoms with E-state index in [0.717, 1.165) is 31.4 Å². The van der Waals surface area contributed by atoms with Crippen LogP contribution in [0.5, 0.6) is 5.75 Å². The van der Waals surface area contributed by atoms with Crippen molar-refractivity contribution >= 4 is 29.5 Å². The Labute approximate surface area is 200 Å². The van der Waals surface area contributed by atoms with Crippen LogP contribution in [0, 0.1) is 0 Å². The molecule has 0 radical (unpaired) electrons. The lowest BCUT2D eigenvalue weighted by molar-refractivity contribution is -0.274. The summed E-state index contributed by atoms with van der Waals surface area (Å²) in [7, 11) is -2.11. The third-order valence-electron chi connectivity index (χ3n) is 5.27. The van der Waals surface area contributed by atoms with Crippen LogP contribution in [0.15, 0.2) is 53.6 Å². The van der Waals surface area contributed by atoms with Gasteiger partial charge < -0.3 is 18.9 Å². The molecular formula is C22H18F3N3O7. The van der Waals surface area contributed by atoms with Crippen molar-refractivity contribution in [1.29, 1.82) is 0 Å². The fourth-order valence-electron chi connectivity index (χ4n) is 3.79. The van der Waals surface area contributed by atoms with E-state index in [1.54, 1.807) is 24.3 Å². The van der Waals surface area contributed by atoms with Gasteiger partial charge in [-0.25, -0.2) is 14.4 Å². The lowest BCUT2D eigenvalue weighted by Gasteiger charge is -2.35. The van der Waals surface area contributed by atoms with E-state index in [1.807, 2.05) is 0 Å². The molecule has 13 heteroatoms. The summed E-state index contributed by atoms with van der Waals surface area (Å²) in [5, 5.41) is 4.87. The number of nitrogens with zero attached hydrogens (tertiary/aromatic N) is 3. The first-order chi connectivity index (χ1) is 17.7. The smallest absolute Gasteiger partial charge is 0.467 e. The minimum Gasteiger partial charge on any atom is -0.467 e. The van der Waals surface area contributed by atoms with Gasteiger partial charge in [0.05, 0.1) is 23.9 Å². The summed E-state index contributed by atoms with van der Waals surface area (Å²) in [4.78, 5) is 39.1. The lowest BCUT2D eigenvalue weighted by atomic mass is 9.97. The number of halogens is 3. The van der Waals surface area contributed by atoms with Gasteiger partial charge in [0.15, 0.2) is 0 Å². The molecule has 184 valence electrons. The van der Waals surface area contributed by atoms with E-state index in [0.29, 0.717) is 16.1 Å². The van der Waals surface area contributed by atoms with Crippen LogP contribution >= 0.6 is 0 Å². The molecule has 2 aromatic carbocycles. The maximum absolute atomic E-state index is 13.4. The molecule has 35 heavy (non-hydrogen) atoms. The first kappa shape index (κ1) is 20.3. The number of anilines is 1. The van der Waals surface area contributed by atoms with Crippen molar-refractivity contribution in [2.24, 2.45) is 5.10 Å². The molecule has 0 bridgehead atoms. The van der Waals surface area contributed by atoms with Gasteiger partial charge in [-0.3, -0.25) is 0 Å². The van der Waals surface area contributed by atoms with Gasteiger partial charge in [0, 0.05) is 12.0 Å². The molecule has 0 N–H and O–H groups in total. The van der Waals surface area contributed by atoms with Crippen molar-refractivity contribution in [2.75, 3.05) is 25.8 Å². The van der Waals surface area contributed by atoms with Gasteiger partial charge in [-0.1, -0.05) is 24.3 Å². The van der Waals surface area contributed by atoms with Gasteiger partial charge in [0.2, 0.25) is 5.60 Å². The lowest BCUT2D eigenvalue weighted by Crippen LogP contribution is -2.56. The summed E-state index contributed by atoms with van der Waals surface area (Å²) in [5.74, 6) is -1.44. The average molecular weight is 496 g/mol. The maximum Gasteiger partial charge on any atom is 0.573 e. The Bertz CT molecular complexity index is 1300. The van der Waals surface area contributed by atoms with Crippen LogP contribution < -0.4 is 9.64 Å². The van der Waals surface area contributed by atoms with Gasteiger partial charge in [-0.05, 0) is 29.8 Å². The maximum atomic E-state index is 13.4. The van der Waals surface area contributed by atoms with Crippen molar-refractivity contribution in [3.63, 3.8) is 0 Å². The number of hydrogen-bond donors (Lipinski definition) is 0. The zero-order valence-corrected chi connectivity index (χ0v) is 17.9. The van der Waals surface area contributed by atoms with Gasteiger partial charge in [0.1, 0.15) is 18.2 Å². The Morgan fingerprint density at radius 3 is 2.51 bits per heavy atom. The minimum atomic E-state index is -5.00. The summed E-state index contributed by atoms with van der Waals surface area (Å²) < 4.78 is 77.9. The highest BCUT2D eigenvalue weighted by Crippen LogP contribution is 2.38. The molecule has 0 aromatic heterocycles. The second-order valence-electron chi connectivity index (χ2n) is 7.30. The van der Waals surface area contributed by atoms with Crippen molar-refractivity contribution in [2.45, 2.75) is 18.4 Å². The number of rotatable bonds is 3. The highest BCUT2D eigenvalue weighted by Gasteiger charge is 2.55. The third kappa shape index (κ3) is 4.37. The molecular weight excluding hydrogens is 475 g/mol.